The second-order valence-corrected chi connectivity index (χ2v) is 4.21. The predicted octanol–water partition coefficient (Wildman–Crippen LogP) is 3.35. The van der Waals surface area contributed by atoms with Crippen LogP contribution in [0.25, 0.3) is 0 Å². The van der Waals surface area contributed by atoms with Gasteiger partial charge in [0.2, 0.25) is 0 Å². The van der Waals surface area contributed by atoms with E-state index in [0.29, 0.717) is 6.07 Å². The summed E-state index contributed by atoms with van der Waals surface area (Å²) in [6.07, 6.45) is 1.66. The molecule has 19 heavy (non-hydrogen) atoms. The maximum atomic E-state index is 13.4. The number of nitrogens with one attached hydrogen (secondary N) is 1. The Hall–Kier alpha value is -1.88. The third kappa shape index (κ3) is 3.32. The van der Waals surface area contributed by atoms with Crippen LogP contribution in [0.2, 0.25) is 0 Å². The molecule has 1 atom stereocenters. The van der Waals surface area contributed by atoms with Gasteiger partial charge in [0.25, 0.3) is 0 Å². The molecule has 0 saturated heterocycles. The monoisotopic (exact) mass is 266 g/mol. The maximum absolute atomic E-state index is 13.4. The van der Waals surface area contributed by atoms with Crippen molar-refractivity contribution in [3.05, 3.63) is 65.2 Å². The molecule has 0 aliphatic heterocycles. The Bertz CT molecular complexity index is 558. The van der Waals surface area contributed by atoms with E-state index in [9.17, 15) is 13.2 Å². The van der Waals surface area contributed by atoms with Crippen molar-refractivity contribution in [2.24, 2.45) is 0 Å². The van der Waals surface area contributed by atoms with Gasteiger partial charge in [-0.2, -0.15) is 0 Å². The average molecular weight is 266 g/mol. The molecular formula is C14H13F3N2. The van der Waals surface area contributed by atoms with Crippen LogP contribution >= 0.6 is 0 Å². The summed E-state index contributed by atoms with van der Waals surface area (Å²) in [6, 6.07) is 6.78. The lowest BCUT2D eigenvalue weighted by Crippen LogP contribution is -2.19. The van der Waals surface area contributed by atoms with Gasteiger partial charge >= 0.3 is 0 Å². The normalized spacial score (nSPS) is 12.4. The lowest BCUT2D eigenvalue weighted by molar-refractivity contribution is 0.481. The van der Waals surface area contributed by atoms with Crippen molar-refractivity contribution in [3.8, 4) is 0 Å². The minimum atomic E-state index is -1.18. The van der Waals surface area contributed by atoms with E-state index < -0.39 is 17.5 Å². The largest absolute Gasteiger partial charge is 0.305 e. The first-order chi connectivity index (χ1) is 9.08. The molecular weight excluding hydrogens is 253 g/mol. The summed E-state index contributed by atoms with van der Waals surface area (Å²) in [5.74, 6) is -3.00. The molecule has 0 saturated carbocycles. The molecule has 5 heteroatoms. The van der Waals surface area contributed by atoms with Crippen molar-refractivity contribution in [2.75, 3.05) is 0 Å². The van der Waals surface area contributed by atoms with Crippen LogP contribution in [0.3, 0.4) is 0 Å². The van der Waals surface area contributed by atoms with E-state index in [1.54, 1.807) is 12.3 Å². The number of rotatable bonds is 4. The van der Waals surface area contributed by atoms with Crippen LogP contribution in [0, 0.1) is 17.5 Å². The Morgan fingerprint density at radius 3 is 2.53 bits per heavy atom. The Morgan fingerprint density at radius 2 is 1.84 bits per heavy atom. The van der Waals surface area contributed by atoms with Crippen LogP contribution in [-0.2, 0) is 6.54 Å². The highest BCUT2D eigenvalue weighted by Gasteiger charge is 2.11. The number of aromatic nitrogens is 1. The highest BCUT2D eigenvalue weighted by Crippen LogP contribution is 2.15. The smallest absolute Gasteiger partial charge is 0.161 e. The van der Waals surface area contributed by atoms with Crippen molar-refractivity contribution in [1.82, 2.24) is 10.3 Å². The zero-order chi connectivity index (χ0) is 13.8. The Morgan fingerprint density at radius 1 is 1.11 bits per heavy atom. The topological polar surface area (TPSA) is 24.9 Å². The van der Waals surface area contributed by atoms with Crippen molar-refractivity contribution >= 4 is 0 Å². The zero-order valence-electron chi connectivity index (χ0n) is 10.3. The molecule has 2 rings (SSSR count). The van der Waals surface area contributed by atoms with E-state index in [2.05, 4.69) is 10.3 Å². The van der Waals surface area contributed by atoms with E-state index in [1.165, 1.54) is 0 Å². The van der Waals surface area contributed by atoms with Gasteiger partial charge in [0.1, 0.15) is 5.82 Å². The fourth-order valence-corrected chi connectivity index (χ4v) is 1.70. The van der Waals surface area contributed by atoms with Gasteiger partial charge in [-0.1, -0.05) is 6.07 Å². The molecule has 0 spiro atoms. The molecule has 2 aromatic rings. The lowest BCUT2D eigenvalue weighted by Gasteiger charge is -2.13. The Balaban J connectivity index is 2.05. The molecule has 0 bridgehead atoms. The number of benzene rings is 1. The first-order valence-corrected chi connectivity index (χ1v) is 5.85. The first-order valence-electron chi connectivity index (χ1n) is 5.85. The van der Waals surface area contributed by atoms with Crippen molar-refractivity contribution in [2.45, 2.75) is 19.5 Å². The van der Waals surface area contributed by atoms with Gasteiger partial charge in [0.15, 0.2) is 11.6 Å². The molecule has 1 N–H and O–H groups in total. The molecule has 0 fully saturated rings. The van der Waals surface area contributed by atoms with E-state index in [4.69, 9.17) is 0 Å². The van der Waals surface area contributed by atoms with Crippen LogP contribution < -0.4 is 5.32 Å². The van der Waals surface area contributed by atoms with Crippen LogP contribution in [0.1, 0.15) is 24.2 Å². The summed E-state index contributed by atoms with van der Waals surface area (Å²) in [5, 5.41) is 3.01. The van der Waals surface area contributed by atoms with Crippen molar-refractivity contribution in [1.29, 1.82) is 0 Å². The predicted molar refractivity (Wildman–Crippen MR) is 65.8 cm³/mol. The summed E-state index contributed by atoms with van der Waals surface area (Å²) in [7, 11) is 0. The maximum Gasteiger partial charge on any atom is 0.161 e. The van der Waals surface area contributed by atoms with E-state index in [-0.39, 0.29) is 18.2 Å². The molecule has 1 aromatic heterocycles. The number of hydrogen-bond acceptors (Lipinski definition) is 2. The third-order valence-corrected chi connectivity index (χ3v) is 2.82. The number of halogens is 3. The minimum absolute atomic E-state index is 0.0849. The van der Waals surface area contributed by atoms with Crippen LogP contribution in [0.15, 0.2) is 36.5 Å². The second-order valence-electron chi connectivity index (χ2n) is 4.21. The standard InChI is InChI=1S/C14H13F3N2/c1-9(14-4-2-3-5-18-14)19-8-10-6-12(16)13(17)7-11(10)15/h2-7,9,19H,8H2,1H3/t9-/m0/s1. The van der Waals surface area contributed by atoms with E-state index in [0.717, 1.165) is 11.8 Å². The quantitative estimate of drug-likeness (QED) is 0.858. The third-order valence-electron chi connectivity index (χ3n) is 2.82. The van der Waals surface area contributed by atoms with Crippen LogP contribution in [-0.4, -0.2) is 4.98 Å². The molecule has 2 nitrogen and oxygen atoms in total. The summed E-state index contributed by atoms with van der Waals surface area (Å²) in [6.45, 7) is 1.96. The van der Waals surface area contributed by atoms with Crippen LogP contribution in [0.4, 0.5) is 13.2 Å². The van der Waals surface area contributed by atoms with Gasteiger partial charge in [-0.3, -0.25) is 4.98 Å². The number of pyridine rings is 1. The van der Waals surface area contributed by atoms with Crippen molar-refractivity contribution < 1.29 is 13.2 Å². The van der Waals surface area contributed by atoms with E-state index in [1.807, 2.05) is 19.1 Å². The molecule has 100 valence electrons. The number of hydrogen-bond donors (Lipinski definition) is 1. The fourth-order valence-electron chi connectivity index (χ4n) is 1.70. The summed E-state index contributed by atoms with van der Waals surface area (Å²) in [5.41, 5.74) is 0.882. The average Bonchev–Trinajstić information content (AvgIpc) is 2.42. The van der Waals surface area contributed by atoms with Gasteiger partial charge < -0.3 is 5.32 Å². The number of nitrogens with zero attached hydrogens (tertiary/aromatic N) is 1. The highest BCUT2D eigenvalue weighted by atomic mass is 19.2. The van der Waals surface area contributed by atoms with Gasteiger partial charge in [-0.25, -0.2) is 13.2 Å². The molecule has 0 unspecified atom stereocenters. The van der Waals surface area contributed by atoms with Gasteiger partial charge in [-0.05, 0) is 25.1 Å². The summed E-state index contributed by atoms with van der Waals surface area (Å²) in [4.78, 5) is 4.15. The summed E-state index contributed by atoms with van der Waals surface area (Å²) < 4.78 is 39.2. The van der Waals surface area contributed by atoms with Crippen molar-refractivity contribution in [3.63, 3.8) is 0 Å². The lowest BCUT2D eigenvalue weighted by atomic mass is 10.1. The molecule has 0 aliphatic carbocycles. The minimum Gasteiger partial charge on any atom is -0.305 e. The molecule has 1 heterocycles. The second kappa shape index (κ2) is 5.84. The highest BCUT2D eigenvalue weighted by molar-refractivity contribution is 5.20. The zero-order valence-corrected chi connectivity index (χ0v) is 10.3. The molecule has 0 radical (unpaired) electrons. The fraction of sp³-hybridized carbons (Fsp3) is 0.214. The van der Waals surface area contributed by atoms with Crippen LogP contribution in [0.5, 0.6) is 0 Å². The van der Waals surface area contributed by atoms with Gasteiger partial charge in [0, 0.05) is 30.4 Å². The van der Waals surface area contributed by atoms with E-state index >= 15 is 0 Å². The molecule has 1 aromatic carbocycles. The van der Waals surface area contributed by atoms with Gasteiger partial charge in [-0.15, -0.1) is 0 Å². The Labute approximate surface area is 109 Å². The Kier molecular flexibility index (Phi) is 4.16. The molecule has 0 aliphatic rings. The molecule has 0 amide bonds. The van der Waals surface area contributed by atoms with Gasteiger partial charge in [0.05, 0.1) is 5.69 Å². The first kappa shape index (κ1) is 13.5. The SMILES string of the molecule is C[C@H](NCc1cc(F)c(F)cc1F)c1ccccn1. The summed E-state index contributed by atoms with van der Waals surface area (Å²) >= 11 is 0.